The number of carbonyl (C=O) groups is 1. The number of aryl methyl sites for hydroxylation is 1. The van der Waals surface area contributed by atoms with Crippen molar-refractivity contribution in [2.45, 2.75) is 6.92 Å². The molecule has 0 atom stereocenters. The van der Waals surface area contributed by atoms with E-state index in [0.717, 1.165) is 5.56 Å². The third-order valence-corrected chi connectivity index (χ3v) is 2.96. The van der Waals surface area contributed by atoms with Crippen molar-refractivity contribution >= 4 is 17.5 Å². The van der Waals surface area contributed by atoms with E-state index in [9.17, 15) is 14.9 Å². The average molecular weight is 267 g/mol. The summed E-state index contributed by atoms with van der Waals surface area (Å²) in [7, 11) is 0. The minimum Gasteiger partial charge on any atom is -0.289 e. The molecular weight excluding hydrogens is 254 g/mol. The molecule has 0 amide bonds. The molecule has 0 aliphatic carbocycles. The summed E-state index contributed by atoms with van der Waals surface area (Å²) < 4.78 is 0. The normalized spacial score (nSPS) is 10.7. The molecule has 0 fully saturated rings. The molecule has 100 valence electrons. The largest absolute Gasteiger partial charge is 0.289 e. The number of para-hydroxylation sites is 1. The standard InChI is InChI=1S/C16H13NO3/c1-12-6-2-4-8-14(12)16(18)11-10-13-7-3-5-9-15(13)17(19)20/h2-11H,1H3/b11-10+. The third kappa shape index (κ3) is 2.98. The summed E-state index contributed by atoms with van der Waals surface area (Å²) in [6.45, 7) is 1.85. The first-order valence-electron chi connectivity index (χ1n) is 6.11. The number of ketones is 1. The first-order valence-corrected chi connectivity index (χ1v) is 6.11. The molecule has 0 N–H and O–H groups in total. The highest BCUT2D eigenvalue weighted by atomic mass is 16.6. The van der Waals surface area contributed by atoms with Crippen LogP contribution in [0.5, 0.6) is 0 Å². The summed E-state index contributed by atoms with van der Waals surface area (Å²) in [5.41, 5.74) is 1.88. The molecule has 4 nitrogen and oxygen atoms in total. The summed E-state index contributed by atoms with van der Waals surface area (Å²) in [6, 6.07) is 13.6. The Bertz CT molecular complexity index is 690. The van der Waals surface area contributed by atoms with Crippen LogP contribution in [0.25, 0.3) is 6.08 Å². The zero-order valence-corrected chi connectivity index (χ0v) is 10.9. The van der Waals surface area contributed by atoms with Gasteiger partial charge >= 0.3 is 0 Å². The van der Waals surface area contributed by atoms with Gasteiger partial charge in [-0.25, -0.2) is 0 Å². The molecule has 2 aromatic rings. The van der Waals surface area contributed by atoms with Crippen molar-refractivity contribution in [3.05, 3.63) is 81.4 Å². The number of carbonyl (C=O) groups excluding carboxylic acids is 1. The maximum absolute atomic E-state index is 12.1. The smallest absolute Gasteiger partial charge is 0.276 e. The van der Waals surface area contributed by atoms with E-state index >= 15 is 0 Å². The van der Waals surface area contributed by atoms with Crippen molar-refractivity contribution in [1.29, 1.82) is 0 Å². The van der Waals surface area contributed by atoms with Crippen LogP contribution in [0.15, 0.2) is 54.6 Å². The van der Waals surface area contributed by atoms with E-state index in [4.69, 9.17) is 0 Å². The second kappa shape index (κ2) is 5.93. The fourth-order valence-electron chi connectivity index (χ4n) is 1.90. The van der Waals surface area contributed by atoms with Gasteiger partial charge in [0.2, 0.25) is 0 Å². The molecule has 4 heteroatoms. The fraction of sp³-hybridized carbons (Fsp3) is 0.0625. The third-order valence-electron chi connectivity index (χ3n) is 2.96. The summed E-state index contributed by atoms with van der Waals surface area (Å²) in [5.74, 6) is -0.166. The van der Waals surface area contributed by atoms with E-state index in [1.54, 1.807) is 30.3 Å². The Morgan fingerprint density at radius 3 is 2.45 bits per heavy atom. The number of rotatable bonds is 4. The number of nitro groups is 1. The first-order chi connectivity index (χ1) is 9.59. The van der Waals surface area contributed by atoms with E-state index in [1.165, 1.54) is 18.2 Å². The molecule has 2 aromatic carbocycles. The number of allylic oxidation sites excluding steroid dienone is 1. The minimum atomic E-state index is -0.460. The fourth-order valence-corrected chi connectivity index (χ4v) is 1.90. The van der Waals surface area contributed by atoms with Gasteiger partial charge in [0.1, 0.15) is 0 Å². The molecule has 0 unspecified atom stereocenters. The maximum Gasteiger partial charge on any atom is 0.276 e. The number of benzene rings is 2. The predicted molar refractivity (Wildman–Crippen MR) is 77.6 cm³/mol. The maximum atomic E-state index is 12.1. The molecular formula is C16H13NO3. The number of nitrogens with zero attached hydrogens (tertiary/aromatic N) is 1. The highest BCUT2D eigenvalue weighted by Gasteiger charge is 2.10. The van der Waals surface area contributed by atoms with Crippen LogP contribution in [0, 0.1) is 17.0 Å². The SMILES string of the molecule is Cc1ccccc1C(=O)/C=C/c1ccccc1[N+](=O)[O-]. The Morgan fingerprint density at radius 2 is 1.75 bits per heavy atom. The van der Waals surface area contributed by atoms with Crippen LogP contribution < -0.4 is 0 Å². The van der Waals surface area contributed by atoms with E-state index in [2.05, 4.69) is 0 Å². The quantitative estimate of drug-likeness (QED) is 0.366. The summed E-state index contributed by atoms with van der Waals surface area (Å²) in [6.07, 6.45) is 2.84. The van der Waals surface area contributed by atoms with Crippen LogP contribution in [0.3, 0.4) is 0 Å². The van der Waals surface area contributed by atoms with Gasteiger partial charge in [-0.05, 0) is 30.7 Å². The topological polar surface area (TPSA) is 60.2 Å². The van der Waals surface area contributed by atoms with E-state index in [-0.39, 0.29) is 11.5 Å². The van der Waals surface area contributed by atoms with Crippen LogP contribution in [-0.2, 0) is 0 Å². The first kappa shape index (κ1) is 13.7. The molecule has 0 aliphatic rings. The van der Waals surface area contributed by atoms with Crippen LogP contribution in [0.1, 0.15) is 21.5 Å². The van der Waals surface area contributed by atoms with Gasteiger partial charge in [-0.15, -0.1) is 0 Å². The van der Waals surface area contributed by atoms with Crippen molar-refractivity contribution in [2.75, 3.05) is 0 Å². The van der Waals surface area contributed by atoms with Gasteiger partial charge in [0.15, 0.2) is 5.78 Å². The Morgan fingerprint density at radius 1 is 1.10 bits per heavy atom. The molecule has 0 heterocycles. The molecule has 0 bridgehead atoms. The van der Waals surface area contributed by atoms with Crippen molar-refractivity contribution in [3.63, 3.8) is 0 Å². The monoisotopic (exact) mass is 267 g/mol. The van der Waals surface area contributed by atoms with Crippen LogP contribution in [0.4, 0.5) is 5.69 Å². The summed E-state index contributed by atoms with van der Waals surface area (Å²) >= 11 is 0. The van der Waals surface area contributed by atoms with Crippen molar-refractivity contribution in [1.82, 2.24) is 0 Å². The highest BCUT2D eigenvalue weighted by Crippen LogP contribution is 2.19. The molecule has 20 heavy (non-hydrogen) atoms. The van der Waals surface area contributed by atoms with E-state index < -0.39 is 4.92 Å². The molecule has 0 spiro atoms. The van der Waals surface area contributed by atoms with Crippen molar-refractivity contribution in [3.8, 4) is 0 Å². The van der Waals surface area contributed by atoms with Gasteiger partial charge in [0.05, 0.1) is 10.5 Å². The van der Waals surface area contributed by atoms with Crippen LogP contribution >= 0.6 is 0 Å². The Balaban J connectivity index is 2.29. The molecule has 0 aliphatic heterocycles. The van der Waals surface area contributed by atoms with Gasteiger partial charge in [0.25, 0.3) is 5.69 Å². The zero-order valence-electron chi connectivity index (χ0n) is 10.9. The van der Waals surface area contributed by atoms with E-state index in [0.29, 0.717) is 11.1 Å². The van der Waals surface area contributed by atoms with Gasteiger partial charge in [-0.2, -0.15) is 0 Å². The van der Waals surface area contributed by atoms with Gasteiger partial charge < -0.3 is 0 Å². The second-order valence-electron chi connectivity index (χ2n) is 4.33. The van der Waals surface area contributed by atoms with Gasteiger partial charge in [-0.3, -0.25) is 14.9 Å². The summed E-state index contributed by atoms with van der Waals surface area (Å²) in [5, 5.41) is 10.9. The van der Waals surface area contributed by atoms with Crippen molar-refractivity contribution in [2.24, 2.45) is 0 Å². The molecule has 2 rings (SSSR count). The minimum absolute atomic E-state index is 0.0127. The average Bonchev–Trinajstić information content (AvgIpc) is 2.45. The van der Waals surface area contributed by atoms with Crippen LogP contribution in [0.2, 0.25) is 0 Å². The van der Waals surface area contributed by atoms with E-state index in [1.807, 2.05) is 19.1 Å². The predicted octanol–water partition coefficient (Wildman–Crippen LogP) is 3.80. The van der Waals surface area contributed by atoms with Gasteiger partial charge in [-0.1, -0.05) is 36.4 Å². The van der Waals surface area contributed by atoms with Crippen LogP contribution in [-0.4, -0.2) is 10.7 Å². The van der Waals surface area contributed by atoms with Gasteiger partial charge in [0, 0.05) is 11.6 Å². The Labute approximate surface area is 116 Å². The lowest BCUT2D eigenvalue weighted by Crippen LogP contribution is -1.97. The molecule has 0 saturated carbocycles. The lowest BCUT2D eigenvalue weighted by molar-refractivity contribution is -0.385. The molecule has 0 aromatic heterocycles. The number of hydrogen-bond donors (Lipinski definition) is 0. The number of hydrogen-bond acceptors (Lipinski definition) is 3. The molecule has 0 radical (unpaired) electrons. The highest BCUT2D eigenvalue weighted by molar-refractivity contribution is 6.07. The molecule has 0 saturated heterocycles. The Kier molecular flexibility index (Phi) is 4.05. The second-order valence-corrected chi connectivity index (χ2v) is 4.33. The lowest BCUT2D eigenvalue weighted by atomic mass is 10.0. The summed E-state index contributed by atoms with van der Waals surface area (Å²) in [4.78, 5) is 22.5. The lowest BCUT2D eigenvalue weighted by Gasteiger charge is -2.00. The zero-order chi connectivity index (χ0) is 14.5. The Hall–Kier alpha value is -2.75. The number of nitro benzene ring substituents is 1. The van der Waals surface area contributed by atoms with Crippen molar-refractivity contribution < 1.29 is 9.72 Å².